The van der Waals surface area contributed by atoms with Crippen molar-refractivity contribution in [2.24, 2.45) is 5.73 Å². The fourth-order valence-electron chi connectivity index (χ4n) is 2.95. The maximum Gasteiger partial charge on any atom is 0.249 e. The normalized spacial score (nSPS) is 19.6. The molecule has 8 heteroatoms. The Morgan fingerprint density at radius 1 is 1.38 bits per heavy atom. The fourth-order valence-corrected chi connectivity index (χ4v) is 2.95. The Morgan fingerprint density at radius 2 is 2.12 bits per heavy atom. The van der Waals surface area contributed by atoms with Gasteiger partial charge in [-0.05, 0) is 31.9 Å². The van der Waals surface area contributed by atoms with E-state index in [1.54, 1.807) is 0 Å². The van der Waals surface area contributed by atoms with Crippen LogP contribution in [0.2, 0.25) is 0 Å². The summed E-state index contributed by atoms with van der Waals surface area (Å²) in [7, 11) is 0. The molecule has 3 rings (SSSR count). The topological polar surface area (TPSA) is 82.2 Å². The van der Waals surface area contributed by atoms with Crippen LogP contribution in [0.15, 0.2) is 24.3 Å². The molecule has 2 aromatic rings. The van der Waals surface area contributed by atoms with Gasteiger partial charge < -0.3 is 20.4 Å². The molecule has 1 aliphatic heterocycles. The minimum absolute atomic E-state index is 0. The smallest absolute Gasteiger partial charge is 0.249 e. The van der Waals surface area contributed by atoms with Crippen molar-refractivity contribution >= 4 is 41.8 Å². The summed E-state index contributed by atoms with van der Waals surface area (Å²) in [4.78, 5) is 16.6. The average molecular weight is 375 g/mol. The summed E-state index contributed by atoms with van der Waals surface area (Å²) in [6.45, 7) is 3.72. The van der Waals surface area contributed by atoms with Gasteiger partial charge in [0.05, 0.1) is 17.1 Å². The summed E-state index contributed by atoms with van der Waals surface area (Å²) < 4.78 is 7.72. The maximum atomic E-state index is 12.1. The zero-order chi connectivity index (χ0) is 15.5. The number of nitrogens with one attached hydrogen (secondary N) is 1. The van der Waals surface area contributed by atoms with E-state index in [1.165, 1.54) is 0 Å². The van der Waals surface area contributed by atoms with Crippen LogP contribution >= 0.6 is 24.8 Å². The van der Waals surface area contributed by atoms with Gasteiger partial charge in [-0.1, -0.05) is 12.1 Å². The average Bonchev–Trinajstić information content (AvgIpc) is 3.12. The van der Waals surface area contributed by atoms with E-state index in [2.05, 4.69) is 14.9 Å². The van der Waals surface area contributed by atoms with Crippen molar-refractivity contribution in [3.8, 4) is 0 Å². The van der Waals surface area contributed by atoms with E-state index in [1.807, 2.05) is 31.2 Å². The largest absolute Gasteiger partial charge is 0.364 e. The molecule has 6 nitrogen and oxygen atoms in total. The molecule has 1 saturated heterocycles. The molecule has 0 spiro atoms. The summed E-state index contributed by atoms with van der Waals surface area (Å²) in [6.07, 6.45) is 1.28. The second kappa shape index (κ2) is 9.22. The zero-order valence-electron chi connectivity index (χ0n) is 13.6. The molecule has 0 unspecified atom stereocenters. The van der Waals surface area contributed by atoms with Crippen molar-refractivity contribution in [2.75, 3.05) is 13.1 Å². The van der Waals surface area contributed by atoms with E-state index in [9.17, 15) is 4.79 Å². The van der Waals surface area contributed by atoms with Crippen LogP contribution in [0.5, 0.6) is 0 Å². The first-order valence-corrected chi connectivity index (χ1v) is 7.74. The Balaban J connectivity index is 0.00000144. The highest BCUT2D eigenvalue weighted by molar-refractivity contribution is 5.85. The summed E-state index contributed by atoms with van der Waals surface area (Å²) in [5.41, 5.74) is 7.64. The summed E-state index contributed by atoms with van der Waals surface area (Å²) in [5.74, 6) is 0.911. The quantitative estimate of drug-likeness (QED) is 0.835. The summed E-state index contributed by atoms with van der Waals surface area (Å²) in [5, 5.41) is 2.95. The van der Waals surface area contributed by atoms with Crippen LogP contribution in [0, 0.1) is 6.92 Å². The first-order valence-electron chi connectivity index (χ1n) is 7.74. The minimum atomic E-state index is -0.353. The number of fused-ring (bicyclic) bond motifs is 1. The lowest BCUT2D eigenvalue weighted by molar-refractivity contribution is -0.131. The highest BCUT2D eigenvalue weighted by Gasteiger charge is 2.29. The van der Waals surface area contributed by atoms with Crippen LogP contribution in [0.1, 0.15) is 18.7 Å². The number of imidazole rings is 1. The van der Waals surface area contributed by atoms with E-state index in [0.717, 1.165) is 29.7 Å². The van der Waals surface area contributed by atoms with Crippen molar-refractivity contribution in [3.05, 3.63) is 30.1 Å². The van der Waals surface area contributed by atoms with E-state index in [4.69, 9.17) is 10.5 Å². The third kappa shape index (κ3) is 4.39. The van der Waals surface area contributed by atoms with Gasteiger partial charge in [0.25, 0.3) is 0 Å². The number of nitrogens with zero attached hydrogens (tertiary/aromatic N) is 2. The highest BCUT2D eigenvalue weighted by Crippen LogP contribution is 2.19. The molecule has 1 amide bonds. The fraction of sp³-hybridized carbons (Fsp3) is 0.500. The molecule has 1 aromatic carbocycles. The second-order valence-corrected chi connectivity index (χ2v) is 5.65. The van der Waals surface area contributed by atoms with Crippen LogP contribution in [0.4, 0.5) is 0 Å². The standard InChI is InChI=1S/C16H22N4O2.2ClH/c1-11-19-13-4-2-3-5-14(13)20(11)9-8-18-16(21)15-7-6-12(10-17)22-15;;/h2-5,12,15H,6-10,17H2,1H3,(H,18,21);2*1H/t12-,15+;;/m1../s1. The van der Waals surface area contributed by atoms with Gasteiger partial charge in [-0.2, -0.15) is 0 Å². The Bertz CT molecular complexity index is 677. The molecule has 0 saturated carbocycles. The second-order valence-electron chi connectivity index (χ2n) is 5.65. The Hall–Kier alpha value is -1.34. The number of rotatable bonds is 5. The number of ether oxygens (including phenoxy) is 1. The van der Waals surface area contributed by atoms with Crippen LogP contribution in [-0.2, 0) is 16.1 Å². The molecule has 1 fully saturated rings. The van der Waals surface area contributed by atoms with Gasteiger partial charge in [0.1, 0.15) is 11.9 Å². The Morgan fingerprint density at radius 3 is 2.83 bits per heavy atom. The van der Waals surface area contributed by atoms with Gasteiger partial charge in [0.2, 0.25) is 5.91 Å². The molecule has 0 bridgehead atoms. The molecule has 0 radical (unpaired) electrons. The molecular weight excluding hydrogens is 351 g/mol. The molecular formula is C16H24Cl2N4O2. The molecule has 134 valence electrons. The van der Waals surface area contributed by atoms with Gasteiger partial charge >= 0.3 is 0 Å². The molecule has 24 heavy (non-hydrogen) atoms. The summed E-state index contributed by atoms with van der Waals surface area (Å²) >= 11 is 0. The van der Waals surface area contributed by atoms with Gasteiger partial charge in [-0.25, -0.2) is 4.98 Å². The number of aryl methyl sites for hydroxylation is 1. The Labute approximate surface area is 154 Å². The first kappa shape index (κ1) is 20.7. The molecule has 2 heterocycles. The van der Waals surface area contributed by atoms with Gasteiger partial charge in [0, 0.05) is 19.6 Å². The minimum Gasteiger partial charge on any atom is -0.364 e. The van der Waals surface area contributed by atoms with E-state index >= 15 is 0 Å². The number of aromatic nitrogens is 2. The van der Waals surface area contributed by atoms with Crippen molar-refractivity contribution in [2.45, 2.75) is 38.5 Å². The van der Waals surface area contributed by atoms with Crippen molar-refractivity contribution in [3.63, 3.8) is 0 Å². The van der Waals surface area contributed by atoms with Gasteiger partial charge in [-0.15, -0.1) is 24.8 Å². The zero-order valence-corrected chi connectivity index (χ0v) is 15.2. The van der Waals surface area contributed by atoms with Crippen molar-refractivity contribution in [1.82, 2.24) is 14.9 Å². The SMILES string of the molecule is Cc1nc2ccccc2n1CCNC(=O)[C@@H]1CC[C@H](CN)O1.Cl.Cl. The Kier molecular flexibility index (Phi) is 7.96. The van der Waals surface area contributed by atoms with E-state index in [0.29, 0.717) is 19.6 Å². The van der Waals surface area contributed by atoms with Crippen LogP contribution in [-0.4, -0.2) is 40.8 Å². The molecule has 3 N–H and O–H groups in total. The number of carbonyl (C=O) groups excluding carboxylic acids is 1. The van der Waals surface area contributed by atoms with Crippen LogP contribution < -0.4 is 11.1 Å². The predicted molar refractivity (Wildman–Crippen MR) is 98.9 cm³/mol. The monoisotopic (exact) mass is 374 g/mol. The predicted octanol–water partition coefficient (Wildman–Crippen LogP) is 1.81. The number of hydrogen-bond acceptors (Lipinski definition) is 4. The maximum absolute atomic E-state index is 12.1. The van der Waals surface area contributed by atoms with Gasteiger partial charge in [0.15, 0.2) is 0 Å². The van der Waals surface area contributed by atoms with Gasteiger partial charge in [-0.3, -0.25) is 4.79 Å². The summed E-state index contributed by atoms with van der Waals surface area (Å²) in [6, 6.07) is 8.02. The van der Waals surface area contributed by atoms with E-state index in [-0.39, 0.29) is 42.9 Å². The number of amides is 1. The van der Waals surface area contributed by atoms with Crippen LogP contribution in [0.3, 0.4) is 0 Å². The lowest BCUT2D eigenvalue weighted by Crippen LogP contribution is -2.37. The van der Waals surface area contributed by atoms with E-state index < -0.39 is 0 Å². The van der Waals surface area contributed by atoms with Crippen LogP contribution in [0.25, 0.3) is 11.0 Å². The molecule has 1 aliphatic rings. The number of para-hydroxylation sites is 2. The number of nitrogens with two attached hydrogens (primary N) is 1. The number of hydrogen-bond donors (Lipinski definition) is 2. The third-order valence-corrected chi connectivity index (χ3v) is 4.14. The first-order chi connectivity index (χ1) is 10.7. The highest BCUT2D eigenvalue weighted by atomic mass is 35.5. The molecule has 1 aromatic heterocycles. The number of halogens is 2. The lowest BCUT2D eigenvalue weighted by atomic mass is 10.2. The van der Waals surface area contributed by atoms with Crippen molar-refractivity contribution < 1.29 is 9.53 Å². The molecule has 2 atom stereocenters. The lowest BCUT2D eigenvalue weighted by Gasteiger charge is -2.13. The number of benzene rings is 1. The molecule has 0 aliphatic carbocycles. The third-order valence-electron chi connectivity index (χ3n) is 4.14. The number of carbonyl (C=O) groups is 1. The van der Waals surface area contributed by atoms with Crippen molar-refractivity contribution in [1.29, 1.82) is 0 Å².